The number of hydrogen-bond acceptors (Lipinski definition) is 4. The van der Waals surface area contributed by atoms with Crippen molar-refractivity contribution < 1.29 is 19.7 Å². The SMILES string of the molecule is CCCC/C=C(\C)C(=O)OC1C(O)CCC1O. The van der Waals surface area contributed by atoms with E-state index in [1.54, 1.807) is 6.92 Å². The molecular formula is C13H22O4. The molecule has 2 N–H and O–H groups in total. The van der Waals surface area contributed by atoms with Crippen molar-refractivity contribution in [3.05, 3.63) is 11.6 Å². The van der Waals surface area contributed by atoms with Crippen molar-refractivity contribution >= 4 is 5.97 Å². The Kier molecular flexibility index (Phi) is 5.65. The molecule has 0 aliphatic heterocycles. The van der Waals surface area contributed by atoms with Crippen LogP contribution in [0.25, 0.3) is 0 Å². The Hall–Kier alpha value is -0.870. The molecule has 1 aliphatic carbocycles. The zero-order chi connectivity index (χ0) is 12.8. The molecule has 1 saturated carbocycles. The van der Waals surface area contributed by atoms with Gasteiger partial charge >= 0.3 is 5.97 Å². The van der Waals surface area contributed by atoms with Gasteiger partial charge in [-0.15, -0.1) is 0 Å². The molecule has 2 unspecified atom stereocenters. The van der Waals surface area contributed by atoms with E-state index in [1.165, 1.54) is 0 Å². The number of unbranched alkanes of at least 4 members (excludes halogenated alkanes) is 2. The second-order valence-corrected chi connectivity index (χ2v) is 4.61. The number of allylic oxidation sites excluding steroid dienone is 1. The van der Waals surface area contributed by atoms with Gasteiger partial charge in [0.05, 0.1) is 12.2 Å². The van der Waals surface area contributed by atoms with Gasteiger partial charge in [0, 0.05) is 5.57 Å². The van der Waals surface area contributed by atoms with E-state index in [0.29, 0.717) is 18.4 Å². The molecule has 0 spiro atoms. The summed E-state index contributed by atoms with van der Waals surface area (Å²) in [5, 5.41) is 19.1. The summed E-state index contributed by atoms with van der Waals surface area (Å²) in [6.45, 7) is 3.79. The van der Waals surface area contributed by atoms with Crippen LogP contribution < -0.4 is 0 Å². The summed E-state index contributed by atoms with van der Waals surface area (Å²) in [6.07, 6.45) is 3.55. The van der Waals surface area contributed by atoms with Gasteiger partial charge in [-0.3, -0.25) is 0 Å². The fourth-order valence-electron chi connectivity index (χ4n) is 1.91. The zero-order valence-corrected chi connectivity index (χ0v) is 10.6. The molecule has 2 atom stereocenters. The van der Waals surface area contributed by atoms with Crippen molar-refractivity contribution in [2.75, 3.05) is 0 Å². The van der Waals surface area contributed by atoms with E-state index in [2.05, 4.69) is 6.92 Å². The first-order valence-electron chi connectivity index (χ1n) is 6.30. The summed E-state index contributed by atoms with van der Waals surface area (Å²) in [6, 6.07) is 0. The highest BCUT2D eigenvalue weighted by molar-refractivity contribution is 5.87. The summed E-state index contributed by atoms with van der Waals surface area (Å²) in [7, 11) is 0. The standard InChI is InChI=1S/C13H22O4/c1-3-4-5-6-9(2)13(16)17-12-10(14)7-8-11(12)15/h6,10-12,14-15H,3-5,7-8H2,1-2H3/b9-6+. The van der Waals surface area contributed by atoms with Crippen LogP contribution in [-0.4, -0.2) is 34.5 Å². The van der Waals surface area contributed by atoms with Gasteiger partial charge in [-0.25, -0.2) is 4.79 Å². The first kappa shape index (κ1) is 14.2. The molecule has 98 valence electrons. The Labute approximate surface area is 102 Å². The van der Waals surface area contributed by atoms with E-state index in [4.69, 9.17) is 4.74 Å². The molecule has 0 aromatic carbocycles. The van der Waals surface area contributed by atoms with Crippen molar-refractivity contribution in [1.29, 1.82) is 0 Å². The smallest absolute Gasteiger partial charge is 0.333 e. The lowest BCUT2D eigenvalue weighted by atomic mass is 10.2. The maximum atomic E-state index is 11.7. The Bertz CT molecular complexity index is 275. The monoisotopic (exact) mass is 242 g/mol. The van der Waals surface area contributed by atoms with Crippen molar-refractivity contribution in [1.82, 2.24) is 0 Å². The molecule has 0 aromatic rings. The van der Waals surface area contributed by atoms with Crippen molar-refractivity contribution in [2.24, 2.45) is 0 Å². The lowest BCUT2D eigenvalue weighted by Crippen LogP contribution is -2.34. The second-order valence-electron chi connectivity index (χ2n) is 4.61. The molecule has 4 heteroatoms. The van der Waals surface area contributed by atoms with E-state index < -0.39 is 24.3 Å². The van der Waals surface area contributed by atoms with E-state index >= 15 is 0 Å². The third-order valence-electron chi connectivity index (χ3n) is 3.09. The van der Waals surface area contributed by atoms with Crippen molar-refractivity contribution in [2.45, 2.75) is 64.3 Å². The molecule has 1 rings (SSSR count). The lowest BCUT2D eigenvalue weighted by molar-refractivity contribution is -0.154. The fraction of sp³-hybridized carbons (Fsp3) is 0.769. The van der Waals surface area contributed by atoms with Gasteiger partial charge in [-0.2, -0.15) is 0 Å². The predicted molar refractivity (Wildman–Crippen MR) is 64.4 cm³/mol. The first-order valence-corrected chi connectivity index (χ1v) is 6.30. The number of ether oxygens (including phenoxy) is 1. The molecule has 0 amide bonds. The highest BCUT2D eigenvalue weighted by Gasteiger charge is 2.36. The average Bonchev–Trinajstić information content (AvgIpc) is 2.61. The molecule has 4 nitrogen and oxygen atoms in total. The third kappa shape index (κ3) is 4.13. The van der Waals surface area contributed by atoms with Gasteiger partial charge in [0.15, 0.2) is 6.10 Å². The summed E-state index contributed by atoms with van der Waals surface area (Å²) in [5.74, 6) is -0.439. The van der Waals surface area contributed by atoms with Crippen LogP contribution in [-0.2, 0) is 9.53 Å². The molecule has 0 bridgehead atoms. The lowest BCUT2D eigenvalue weighted by Gasteiger charge is -2.19. The Morgan fingerprint density at radius 3 is 2.47 bits per heavy atom. The zero-order valence-electron chi connectivity index (χ0n) is 10.6. The largest absolute Gasteiger partial charge is 0.453 e. The van der Waals surface area contributed by atoms with E-state index in [9.17, 15) is 15.0 Å². The predicted octanol–water partition coefficient (Wildman–Crippen LogP) is 1.55. The summed E-state index contributed by atoms with van der Waals surface area (Å²) in [5.41, 5.74) is 0.546. The Morgan fingerprint density at radius 2 is 1.94 bits per heavy atom. The maximum Gasteiger partial charge on any atom is 0.333 e. The highest BCUT2D eigenvalue weighted by atomic mass is 16.6. The molecular weight excluding hydrogens is 220 g/mol. The van der Waals surface area contributed by atoms with E-state index in [-0.39, 0.29) is 0 Å². The topological polar surface area (TPSA) is 66.8 Å². The quantitative estimate of drug-likeness (QED) is 0.436. The molecule has 0 radical (unpaired) electrons. The Balaban J connectivity index is 2.45. The summed E-state index contributed by atoms with van der Waals surface area (Å²) >= 11 is 0. The minimum absolute atomic E-state index is 0.439. The van der Waals surface area contributed by atoms with Crippen LogP contribution in [0.3, 0.4) is 0 Å². The van der Waals surface area contributed by atoms with Gasteiger partial charge in [0.2, 0.25) is 0 Å². The second kappa shape index (κ2) is 6.77. The van der Waals surface area contributed by atoms with E-state index in [0.717, 1.165) is 19.3 Å². The molecule has 0 saturated heterocycles. The van der Waals surface area contributed by atoms with Crippen LogP contribution in [0.15, 0.2) is 11.6 Å². The number of rotatable bonds is 5. The number of hydrogen-bond donors (Lipinski definition) is 2. The molecule has 17 heavy (non-hydrogen) atoms. The van der Waals surface area contributed by atoms with Gasteiger partial charge in [0.1, 0.15) is 0 Å². The number of carbonyl (C=O) groups is 1. The van der Waals surface area contributed by atoms with Crippen LogP contribution in [0.1, 0.15) is 46.0 Å². The normalized spacial score (nSPS) is 29.4. The first-order chi connectivity index (χ1) is 8.06. The van der Waals surface area contributed by atoms with Crippen LogP contribution in [0.2, 0.25) is 0 Å². The van der Waals surface area contributed by atoms with Crippen LogP contribution >= 0.6 is 0 Å². The van der Waals surface area contributed by atoms with Gasteiger partial charge < -0.3 is 14.9 Å². The number of carbonyl (C=O) groups excluding carboxylic acids is 1. The summed E-state index contributed by atoms with van der Waals surface area (Å²) < 4.78 is 5.12. The minimum atomic E-state index is -0.767. The molecule has 0 aromatic heterocycles. The number of esters is 1. The maximum absolute atomic E-state index is 11.7. The van der Waals surface area contributed by atoms with Gasteiger partial charge in [-0.1, -0.05) is 25.8 Å². The molecule has 1 aliphatic rings. The minimum Gasteiger partial charge on any atom is -0.453 e. The van der Waals surface area contributed by atoms with Crippen molar-refractivity contribution in [3.63, 3.8) is 0 Å². The van der Waals surface area contributed by atoms with Crippen LogP contribution in [0, 0.1) is 0 Å². The number of aliphatic hydroxyl groups is 2. The van der Waals surface area contributed by atoms with Crippen LogP contribution in [0.5, 0.6) is 0 Å². The third-order valence-corrected chi connectivity index (χ3v) is 3.09. The average molecular weight is 242 g/mol. The van der Waals surface area contributed by atoms with E-state index in [1.807, 2.05) is 6.08 Å². The molecule has 0 heterocycles. The van der Waals surface area contributed by atoms with Gasteiger partial charge in [0.25, 0.3) is 0 Å². The fourth-order valence-corrected chi connectivity index (χ4v) is 1.91. The highest BCUT2D eigenvalue weighted by Crippen LogP contribution is 2.23. The van der Waals surface area contributed by atoms with Crippen molar-refractivity contribution in [3.8, 4) is 0 Å². The number of aliphatic hydroxyl groups excluding tert-OH is 2. The molecule has 1 fully saturated rings. The van der Waals surface area contributed by atoms with Crippen LogP contribution in [0.4, 0.5) is 0 Å². The Morgan fingerprint density at radius 1 is 1.35 bits per heavy atom. The van der Waals surface area contributed by atoms with Gasteiger partial charge in [-0.05, 0) is 26.2 Å². The summed E-state index contributed by atoms with van der Waals surface area (Å²) in [4.78, 5) is 11.7.